The van der Waals surface area contributed by atoms with Crippen LogP contribution >= 0.6 is 0 Å². The molecule has 1 aromatic heterocycles. The Kier molecular flexibility index (Phi) is 3.39. The maximum Gasteiger partial charge on any atom is 0.127 e. The number of carbonyl (C=O) groups excluding carboxylic acids is 1. The summed E-state index contributed by atoms with van der Waals surface area (Å²) in [7, 11) is 1.91. The van der Waals surface area contributed by atoms with Crippen LogP contribution in [0.4, 0.5) is 0 Å². The lowest BCUT2D eigenvalue weighted by Gasteiger charge is -2.21. The van der Waals surface area contributed by atoms with E-state index in [1.807, 2.05) is 20.2 Å². The first-order valence-corrected chi connectivity index (χ1v) is 5.79. The molecule has 1 unspecified atom stereocenters. The van der Waals surface area contributed by atoms with Crippen LogP contribution in [0.1, 0.15) is 42.9 Å². The fourth-order valence-corrected chi connectivity index (χ4v) is 2.24. The van der Waals surface area contributed by atoms with Crippen LogP contribution in [-0.4, -0.2) is 29.3 Å². The summed E-state index contributed by atoms with van der Waals surface area (Å²) in [5.41, 5.74) is 2.16. The number of ether oxygens (including phenoxy) is 1. The van der Waals surface area contributed by atoms with Crippen molar-refractivity contribution in [1.82, 2.24) is 9.78 Å². The van der Waals surface area contributed by atoms with Gasteiger partial charge in [-0.3, -0.25) is 4.68 Å². The van der Waals surface area contributed by atoms with Crippen LogP contribution < -0.4 is 0 Å². The molecule has 4 heteroatoms. The molecule has 88 valence electrons. The molecular formula is C12H18N2O2. The second-order valence-corrected chi connectivity index (χ2v) is 4.45. The molecule has 0 bridgehead atoms. The van der Waals surface area contributed by atoms with Crippen LogP contribution in [0.3, 0.4) is 0 Å². The fourth-order valence-electron chi connectivity index (χ4n) is 2.24. The highest BCUT2D eigenvalue weighted by molar-refractivity contribution is 5.62. The van der Waals surface area contributed by atoms with E-state index in [0.29, 0.717) is 5.92 Å². The first kappa shape index (κ1) is 11.3. The standard InChI is InChI=1S/C12H18N2O2/c1-9(8-15)11-7-14(2)13-12(11)10-3-5-16-6-4-10/h7-10H,3-6H2,1-2H3. The van der Waals surface area contributed by atoms with Gasteiger partial charge in [0.05, 0.1) is 5.69 Å². The van der Waals surface area contributed by atoms with Crippen LogP contribution in [0.5, 0.6) is 0 Å². The number of carbonyl (C=O) groups is 1. The molecule has 0 saturated carbocycles. The lowest BCUT2D eigenvalue weighted by molar-refractivity contribution is -0.108. The number of aromatic nitrogens is 2. The van der Waals surface area contributed by atoms with E-state index in [9.17, 15) is 4.79 Å². The molecule has 1 aromatic rings. The number of aldehydes is 1. The number of nitrogens with zero attached hydrogens (tertiary/aromatic N) is 2. The van der Waals surface area contributed by atoms with E-state index in [0.717, 1.165) is 43.6 Å². The molecule has 2 heterocycles. The molecule has 1 fully saturated rings. The van der Waals surface area contributed by atoms with E-state index in [-0.39, 0.29) is 5.92 Å². The number of rotatable bonds is 3. The average Bonchev–Trinajstić information content (AvgIpc) is 2.71. The molecule has 0 N–H and O–H groups in total. The number of aryl methyl sites for hydroxylation is 1. The summed E-state index contributed by atoms with van der Waals surface area (Å²) >= 11 is 0. The van der Waals surface area contributed by atoms with Gasteiger partial charge in [-0.2, -0.15) is 5.10 Å². The first-order chi connectivity index (χ1) is 7.72. The van der Waals surface area contributed by atoms with Gasteiger partial charge in [0.1, 0.15) is 6.29 Å². The molecular weight excluding hydrogens is 204 g/mol. The van der Waals surface area contributed by atoms with E-state index in [4.69, 9.17) is 4.74 Å². The minimum absolute atomic E-state index is 0.0634. The van der Waals surface area contributed by atoms with Crippen LogP contribution in [0, 0.1) is 0 Å². The van der Waals surface area contributed by atoms with Gasteiger partial charge < -0.3 is 9.53 Å². The van der Waals surface area contributed by atoms with E-state index in [2.05, 4.69) is 5.10 Å². The van der Waals surface area contributed by atoms with Crippen molar-refractivity contribution in [1.29, 1.82) is 0 Å². The third kappa shape index (κ3) is 2.16. The van der Waals surface area contributed by atoms with Gasteiger partial charge in [0, 0.05) is 43.9 Å². The highest BCUT2D eigenvalue weighted by atomic mass is 16.5. The number of hydrogen-bond acceptors (Lipinski definition) is 3. The molecule has 1 aliphatic heterocycles. The SMILES string of the molecule is CC(C=O)c1cn(C)nc1C1CCOCC1. The molecule has 16 heavy (non-hydrogen) atoms. The van der Waals surface area contributed by atoms with Gasteiger partial charge in [0.2, 0.25) is 0 Å². The Balaban J connectivity index is 2.27. The molecule has 1 aliphatic rings. The summed E-state index contributed by atoms with van der Waals surface area (Å²) in [5, 5.41) is 4.51. The smallest absolute Gasteiger partial charge is 0.127 e. The van der Waals surface area contributed by atoms with Crippen molar-refractivity contribution in [3.8, 4) is 0 Å². The first-order valence-electron chi connectivity index (χ1n) is 5.79. The van der Waals surface area contributed by atoms with Crippen molar-refractivity contribution in [2.24, 2.45) is 7.05 Å². The van der Waals surface area contributed by atoms with Crippen LogP contribution in [0.2, 0.25) is 0 Å². The highest BCUT2D eigenvalue weighted by Crippen LogP contribution is 2.31. The maximum atomic E-state index is 10.9. The Labute approximate surface area is 95.6 Å². The number of hydrogen-bond donors (Lipinski definition) is 0. The second-order valence-electron chi connectivity index (χ2n) is 4.45. The predicted octanol–water partition coefficient (Wildman–Crippen LogP) is 1.62. The van der Waals surface area contributed by atoms with Gasteiger partial charge in [-0.15, -0.1) is 0 Å². The average molecular weight is 222 g/mol. The van der Waals surface area contributed by atoms with E-state index in [1.54, 1.807) is 4.68 Å². The van der Waals surface area contributed by atoms with Gasteiger partial charge >= 0.3 is 0 Å². The molecule has 1 saturated heterocycles. The maximum absolute atomic E-state index is 10.9. The van der Waals surface area contributed by atoms with E-state index in [1.165, 1.54) is 0 Å². The highest BCUT2D eigenvalue weighted by Gasteiger charge is 2.24. The van der Waals surface area contributed by atoms with Crippen molar-refractivity contribution < 1.29 is 9.53 Å². The molecule has 1 atom stereocenters. The van der Waals surface area contributed by atoms with Gasteiger partial charge in [0.25, 0.3) is 0 Å². The minimum Gasteiger partial charge on any atom is -0.381 e. The summed E-state index contributed by atoms with van der Waals surface area (Å²) in [6, 6.07) is 0. The predicted molar refractivity (Wildman–Crippen MR) is 60.5 cm³/mol. The summed E-state index contributed by atoms with van der Waals surface area (Å²) in [6.07, 6.45) is 4.97. The zero-order chi connectivity index (χ0) is 11.5. The zero-order valence-electron chi connectivity index (χ0n) is 9.85. The molecule has 0 aliphatic carbocycles. The quantitative estimate of drug-likeness (QED) is 0.730. The van der Waals surface area contributed by atoms with Crippen molar-refractivity contribution in [2.75, 3.05) is 13.2 Å². The van der Waals surface area contributed by atoms with Crippen molar-refractivity contribution >= 4 is 6.29 Å². The lowest BCUT2D eigenvalue weighted by atomic mass is 9.90. The Hall–Kier alpha value is -1.16. The monoisotopic (exact) mass is 222 g/mol. The van der Waals surface area contributed by atoms with E-state index >= 15 is 0 Å². The molecule has 2 rings (SSSR count). The molecule has 0 amide bonds. The lowest BCUT2D eigenvalue weighted by Crippen LogP contribution is -2.16. The van der Waals surface area contributed by atoms with Gasteiger partial charge in [-0.05, 0) is 12.8 Å². The van der Waals surface area contributed by atoms with Crippen molar-refractivity contribution in [3.05, 3.63) is 17.5 Å². The van der Waals surface area contributed by atoms with Crippen molar-refractivity contribution in [3.63, 3.8) is 0 Å². The second kappa shape index (κ2) is 4.78. The molecule has 0 radical (unpaired) electrons. The van der Waals surface area contributed by atoms with Crippen LogP contribution in [-0.2, 0) is 16.6 Å². The third-order valence-electron chi connectivity index (χ3n) is 3.19. The van der Waals surface area contributed by atoms with Crippen LogP contribution in [0.15, 0.2) is 6.20 Å². The van der Waals surface area contributed by atoms with Crippen molar-refractivity contribution in [2.45, 2.75) is 31.6 Å². The summed E-state index contributed by atoms with van der Waals surface area (Å²) in [5.74, 6) is 0.388. The summed E-state index contributed by atoms with van der Waals surface area (Å²) in [6.45, 7) is 3.53. The molecule has 0 aromatic carbocycles. The molecule has 4 nitrogen and oxygen atoms in total. The summed E-state index contributed by atoms with van der Waals surface area (Å²) in [4.78, 5) is 10.9. The largest absolute Gasteiger partial charge is 0.381 e. The third-order valence-corrected chi connectivity index (χ3v) is 3.19. The minimum atomic E-state index is -0.0634. The summed E-state index contributed by atoms with van der Waals surface area (Å²) < 4.78 is 7.16. The zero-order valence-corrected chi connectivity index (χ0v) is 9.85. The van der Waals surface area contributed by atoms with Gasteiger partial charge in [-0.25, -0.2) is 0 Å². The molecule has 0 spiro atoms. The van der Waals surface area contributed by atoms with Gasteiger partial charge in [-0.1, -0.05) is 6.92 Å². The Bertz CT molecular complexity index is 367. The Morgan fingerprint density at radius 2 is 2.25 bits per heavy atom. The Morgan fingerprint density at radius 1 is 1.56 bits per heavy atom. The van der Waals surface area contributed by atoms with Crippen LogP contribution in [0.25, 0.3) is 0 Å². The fraction of sp³-hybridized carbons (Fsp3) is 0.667. The Morgan fingerprint density at radius 3 is 2.88 bits per heavy atom. The van der Waals surface area contributed by atoms with Gasteiger partial charge in [0.15, 0.2) is 0 Å². The topological polar surface area (TPSA) is 44.1 Å². The normalized spacial score (nSPS) is 19.6. The van der Waals surface area contributed by atoms with E-state index < -0.39 is 0 Å².